The lowest BCUT2D eigenvalue weighted by atomic mass is 10.2. The zero-order valence-corrected chi connectivity index (χ0v) is 12.7. The van der Waals surface area contributed by atoms with Gasteiger partial charge < -0.3 is 9.84 Å². The fourth-order valence-electron chi connectivity index (χ4n) is 2.10. The van der Waals surface area contributed by atoms with Crippen molar-refractivity contribution in [3.63, 3.8) is 0 Å². The zero-order chi connectivity index (χ0) is 14.1. The number of carboxylic acids is 1. The second-order valence-electron chi connectivity index (χ2n) is 4.79. The van der Waals surface area contributed by atoms with Crippen molar-refractivity contribution in [3.8, 4) is 10.6 Å². The monoisotopic (exact) mass is 309 g/mol. The summed E-state index contributed by atoms with van der Waals surface area (Å²) in [6.07, 6.45) is 2.53. The first-order valence-electron chi connectivity index (χ1n) is 6.58. The molecule has 0 radical (unpaired) electrons. The van der Waals surface area contributed by atoms with E-state index in [9.17, 15) is 4.79 Å². The van der Waals surface area contributed by atoms with E-state index in [1.807, 2.05) is 12.3 Å². The molecule has 0 saturated heterocycles. The summed E-state index contributed by atoms with van der Waals surface area (Å²) in [6.45, 7) is 2.69. The molecule has 1 saturated carbocycles. The van der Waals surface area contributed by atoms with Crippen LogP contribution in [0.5, 0.6) is 0 Å². The molecule has 0 aliphatic heterocycles. The van der Waals surface area contributed by atoms with Crippen LogP contribution in [0.25, 0.3) is 10.6 Å². The van der Waals surface area contributed by atoms with E-state index < -0.39 is 5.97 Å². The number of hydrogen-bond acceptors (Lipinski definition) is 5. The van der Waals surface area contributed by atoms with Gasteiger partial charge in [-0.3, -0.25) is 0 Å². The third-order valence-electron chi connectivity index (χ3n) is 3.26. The summed E-state index contributed by atoms with van der Waals surface area (Å²) in [5.41, 5.74) is 1.18. The molecular weight excluding hydrogens is 294 g/mol. The molecule has 6 heteroatoms. The second-order valence-corrected chi connectivity index (χ2v) is 6.59. The number of thiophene rings is 1. The number of nitrogens with zero attached hydrogens (tertiary/aromatic N) is 1. The third-order valence-corrected chi connectivity index (χ3v) is 5.12. The van der Waals surface area contributed by atoms with Crippen molar-refractivity contribution in [3.05, 3.63) is 27.4 Å². The Kier molecular flexibility index (Phi) is 3.87. The van der Waals surface area contributed by atoms with Gasteiger partial charge in [0, 0.05) is 17.4 Å². The van der Waals surface area contributed by atoms with Crippen LogP contribution in [-0.4, -0.2) is 22.7 Å². The van der Waals surface area contributed by atoms with Crippen molar-refractivity contribution in [2.24, 2.45) is 5.92 Å². The predicted octanol–water partition coefficient (Wildman–Crippen LogP) is 4.06. The van der Waals surface area contributed by atoms with Gasteiger partial charge in [0.2, 0.25) is 0 Å². The van der Waals surface area contributed by atoms with Crippen LogP contribution in [0.15, 0.2) is 16.8 Å². The van der Waals surface area contributed by atoms with Gasteiger partial charge in [-0.1, -0.05) is 0 Å². The molecule has 1 aliphatic rings. The molecule has 1 unspecified atom stereocenters. The molecule has 0 amide bonds. The van der Waals surface area contributed by atoms with E-state index in [0.717, 1.165) is 15.6 Å². The van der Waals surface area contributed by atoms with Crippen LogP contribution >= 0.6 is 22.7 Å². The van der Waals surface area contributed by atoms with Gasteiger partial charge >= 0.3 is 5.97 Å². The highest BCUT2D eigenvalue weighted by Crippen LogP contribution is 2.44. The van der Waals surface area contributed by atoms with E-state index in [-0.39, 0.29) is 6.10 Å². The minimum absolute atomic E-state index is 0.109. The largest absolute Gasteiger partial charge is 0.478 e. The molecule has 0 bridgehead atoms. The molecule has 20 heavy (non-hydrogen) atoms. The lowest BCUT2D eigenvalue weighted by Gasteiger charge is -2.12. The average Bonchev–Trinajstić information content (AvgIpc) is 2.94. The highest BCUT2D eigenvalue weighted by Gasteiger charge is 2.34. The SMILES string of the molecule is CCOC(c1nc(-c2cc(C(=O)O)cs2)cs1)C1CC1. The maximum atomic E-state index is 10.9. The molecule has 3 rings (SSSR count). The van der Waals surface area contributed by atoms with Crippen molar-refractivity contribution < 1.29 is 14.6 Å². The lowest BCUT2D eigenvalue weighted by molar-refractivity contribution is 0.0462. The van der Waals surface area contributed by atoms with Crippen molar-refractivity contribution in [2.75, 3.05) is 6.61 Å². The normalized spacial score (nSPS) is 16.2. The van der Waals surface area contributed by atoms with Crippen LogP contribution in [-0.2, 0) is 4.74 Å². The number of aromatic nitrogens is 1. The van der Waals surface area contributed by atoms with Gasteiger partial charge in [0.1, 0.15) is 11.1 Å². The van der Waals surface area contributed by atoms with Crippen LogP contribution < -0.4 is 0 Å². The number of carboxylic acid groups (broad SMARTS) is 1. The Morgan fingerprint density at radius 3 is 2.90 bits per heavy atom. The van der Waals surface area contributed by atoms with Crippen molar-refractivity contribution in [1.82, 2.24) is 4.98 Å². The molecule has 0 aromatic carbocycles. The zero-order valence-electron chi connectivity index (χ0n) is 11.0. The van der Waals surface area contributed by atoms with Gasteiger partial charge in [-0.15, -0.1) is 22.7 Å². The van der Waals surface area contributed by atoms with Crippen LogP contribution in [0.2, 0.25) is 0 Å². The molecule has 2 aromatic heterocycles. The molecule has 1 atom stereocenters. The molecule has 2 aromatic rings. The number of rotatable bonds is 6. The van der Waals surface area contributed by atoms with Crippen molar-refractivity contribution >= 4 is 28.6 Å². The Morgan fingerprint density at radius 1 is 1.50 bits per heavy atom. The summed E-state index contributed by atoms with van der Waals surface area (Å²) < 4.78 is 5.80. The third kappa shape index (κ3) is 2.77. The van der Waals surface area contributed by atoms with E-state index in [1.165, 1.54) is 24.2 Å². The molecule has 1 N–H and O–H groups in total. The number of aromatic carboxylic acids is 1. The summed E-state index contributed by atoms with van der Waals surface area (Å²) in [5, 5.41) is 13.6. The standard InChI is InChI=1S/C14H15NO3S2/c1-2-18-12(8-3-4-8)13-15-10(7-20-13)11-5-9(6-19-11)14(16)17/h5-8,12H,2-4H2,1H3,(H,16,17). The summed E-state index contributed by atoms with van der Waals surface area (Å²) in [5.74, 6) is -0.292. The number of thiazole rings is 1. The molecule has 106 valence electrons. The molecule has 0 spiro atoms. The number of hydrogen-bond donors (Lipinski definition) is 1. The molecule has 4 nitrogen and oxygen atoms in total. The van der Waals surface area contributed by atoms with Crippen molar-refractivity contribution in [2.45, 2.75) is 25.9 Å². The molecule has 2 heterocycles. The van der Waals surface area contributed by atoms with Gasteiger partial charge in [0.05, 0.1) is 16.1 Å². The molecule has 1 aliphatic carbocycles. The number of ether oxygens (including phenoxy) is 1. The van der Waals surface area contributed by atoms with E-state index in [4.69, 9.17) is 9.84 Å². The smallest absolute Gasteiger partial charge is 0.336 e. The minimum atomic E-state index is -0.895. The summed E-state index contributed by atoms with van der Waals surface area (Å²) in [6, 6.07) is 1.68. The summed E-state index contributed by atoms with van der Waals surface area (Å²) >= 11 is 3.02. The Labute approximate surface area is 125 Å². The van der Waals surface area contributed by atoms with E-state index in [0.29, 0.717) is 18.1 Å². The molecule has 1 fully saturated rings. The van der Waals surface area contributed by atoms with Gasteiger partial charge in [0.25, 0.3) is 0 Å². The van der Waals surface area contributed by atoms with Gasteiger partial charge in [-0.2, -0.15) is 0 Å². The highest BCUT2D eigenvalue weighted by atomic mass is 32.1. The minimum Gasteiger partial charge on any atom is -0.478 e. The topological polar surface area (TPSA) is 59.4 Å². The first-order chi connectivity index (χ1) is 9.69. The van der Waals surface area contributed by atoms with Gasteiger partial charge in [-0.05, 0) is 31.7 Å². The fourth-order valence-corrected chi connectivity index (χ4v) is 3.98. The Morgan fingerprint density at radius 2 is 2.30 bits per heavy atom. The van der Waals surface area contributed by atoms with Gasteiger partial charge in [-0.25, -0.2) is 9.78 Å². The van der Waals surface area contributed by atoms with Crippen LogP contribution in [0, 0.1) is 5.92 Å². The first-order valence-corrected chi connectivity index (χ1v) is 8.34. The Bertz CT molecular complexity index is 615. The summed E-state index contributed by atoms with van der Waals surface area (Å²) in [7, 11) is 0. The second kappa shape index (κ2) is 5.63. The molecular formula is C14H15NO3S2. The van der Waals surface area contributed by atoms with Crippen LogP contribution in [0.4, 0.5) is 0 Å². The quantitative estimate of drug-likeness (QED) is 0.874. The van der Waals surface area contributed by atoms with Gasteiger partial charge in [0.15, 0.2) is 0 Å². The fraction of sp³-hybridized carbons (Fsp3) is 0.429. The first kappa shape index (κ1) is 13.7. The Hall–Kier alpha value is -1.24. The Balaban J connectivity index is 1.83. The van der Waals surface area contributed by atoms with E-state index in [2.05, 4.69) is 4.98 Å². The van der Waals surface area contributed by atoms with E-state index in [1.54, 1.807) is 22.8 Å². The number of carbonyl (C=O) groups is 1. The highest BCUT2D eigenvalue weighted by molar-refractivity contribution is 7.14. The van der Waals surface area contributed by atoms with E-state index >= 15 is 0 Å². The van der Waals surface area contributed by atoms with Crippen LogP contribution in [0.3, 0.4) is 0 Å². The van der Waals surface area contributed by atoms with Crippen LogP contribution in [0.1, 0.15) is 41.2 Å². The maximum Gasteiger partial charge on any atom is 0.336 e. The summed E-state index contributed by atoms with van der Waals surface area (Å²) in [4.78, 5) is 16.5. The van der Waals surface area contributed by atoms with Crippen molar-refractivity contribution in [1.29, 1.82) is 0 Å². The predicted molar refractivity (Wildman–Crippen MR) is 79.5 cm³/mol. The lowest BCUT2D eigenvalue weighted by Crippen LogP contribution is -2.05. The maximum absolute atomic E-state index is 10.9. The average molecular weight is 309 g/mol.